The molecule has 0 aliphatic carbocycles. The number of nitrogens with zero attached hydrogens (tertiary/aromatic N) is 3. The second-order valence-corrected chi connectivity index (χ2v) is 8.78. The smallest absolute Gasteiger partial charge is 0.412 e. The summed E-state index contributed by atoms with van der Waals surface area (Å²) < 4.78 is 5.26. The Kier molecular flexibility index (Phi) is 11.0. The van der Waals surface area contributed by atoms with E-state index in [0.717, 1.165) is 35.3 Å². The van der Waals surface area contributed by atoms with E-state index in [1.807, 2.05) is 69.4 Å². The Morgan fingerprint density at radius 1 is 1.19 bits per heavy atom. The lowest BCUT2D eigenvalue weighted by atomic mass is 10.1. The molecule has 1 aromatic carbocycles. The highest BCUT2D eigenvalue weighted by Gasteiger charge is 2.16. The number of aromatic nitrogens is 1. The zero-order valence-corrected chi connectivity index (χ0v) is 22.1. The van der Waals surface area contributed by atoms with Gasteiger partial charge < -0.3 is 20.3 Å². The standard InChI is InChI=1S/C21H32N6O2S.HI/c1-21(2,3)29-20(28)26-16-9-7-15(8-10-16)11-12-23-18(22-4)24-13-17-14-30-19(25-17)27(5)6;/h7-10,14H,11-13H2,1-6H3,(H,26,28)(H2,22,23,24);1H. The maximum absolute atomic E-state index is 11.8. The molecule has 0 aliphatic heterocycles. The Morgan fingerprint density at radius 3 is 2.42 bits per heavy atom. The van der Waals surface area contributed by atoms with E-state index >= 15 is 0 Å². The second-order valence-electron chi connectivity index (χ2n) is 7.94. The maximum Gasteiger partial charge on any atom is 0.412 e. The van der Waals surface area contributed by atoms with Gasteiger partial charge in [-0.3, -0.25) is 10.3 Å². The zero-order chi connectivity index (χ0) is 22.1. The van der Waals surface area contributed by atoms with Crippen LogP contribution < -0.4 is 20.9 Å². The number of hydrogen-bond acceptors (Lipinski definition) is 6. The first kappa shape index (κ1) is 27.0. The van der Waals surface area contributed by atoms with Gasteiger partial charge in [0.1, 0.15) is 5.60 Å². The molecule has 0 radical (unpaired) electrons. The van der Waals surface area contributed by atoms with Crippen LogP contribution in [0.2, 0.25) is 0 Å². The molecule has 172 valence electrons. The molecule has 2 aromatic rings. The minimum absolute atomic E-state index is 0. The van der Waals surface area contributed by atoms with Gasteiger partial charge in [-0.1, -0.05) is 12.1 Å². The molecule has 8 nitrogen and oxygen atoms in total. The largest absolute Gasteiger partial charge is 0.444 e. The number of carbonyl (C=O) groups is 1. The van der Waals surface area contributed by atoms with Crippen LogP contribution in [0.25, 0.3) is 0 Å². The minimum atomic E-state index is -0.517. The fourth-order valence-electron chi connectivity index (χ4n) is 2.48. The summed E-state index contributed by atoms with van der Waals surface area (Å²) in [5.74, 6) is 0.734. The first-order valence-corrected chi connectivity index (χ1v) is 10.7. The number of halogens is 1. The van der Waals surface area contributed by atoms with Crippen LogP contribution >= 0.6 is 35.3 Å². The van der Waals surface area contributed by atoms with Crippen molar-refractivity contribution in [2.24, 2.45) is 4.99 Å². The topological polar surface area (TPSA) is 90.9 Å². The number of amides is 1. The molecule has 0 fully saturated rings. The average Bonchev–Trinajstić information content (AvgIpc) is 3.13. The van der Waals surface area contributed by atoms with Gasteiger partial charge in [-0.25, -0.2) is 9.78 Å². The lowest BCUT2D eigenvalue weighted by Crippen LogP contribution is -2.37. The van der Waals surface area contributed by atoms with Crippen molar-refractivity contribution in [2.75, 3.05) is 37.9 Å². The quantitative estimate of drug-likeness (QED) is 0.269. The molecule has 0 saturated heterocycles. The molecule has 10 heteroatoms. The summed E-state index contributed by atoms with van der Waals surface area (Å²) in [6.45, 7) is 6.86. The number of hydrogen-bond donors (Lipinski definition) is 3. The highest BCUT2D eigenvalue weighted by atomic mass is 127. The van der Waals surface area contributed by atoms with E-state index in [9.17, 15) is 4.79 Å². The Morgan fingerprint density at radius 2 is 1.87 bits per heavy atom. The lowest BCUT2D eigenvalue weighted by Gasteiger charge is -2.19. The summed E-state index contributed by atoms with van der Waals surface area (Å²) in [7, 11) is 5.71. The van der Waals surface area contributed by atoms with Crippen LogP contribution in [0.1, 0.15) is 32.0 Å². The molecule has 3 N–H and O–H groups in total. The van der Waals surface area contributed by atoms with Crippen molar-refractivity contribution >= 4 is 58.2 Å². The van der Waals surface area contributed by atoms with E-state index in [0.29, 0.717) is 12.2 Å². The van der Waals surface area contributed by atoms with Gasteiger partial charge in [-0.15, -0.1) is 35.3 Å². The van der Waals surface area contributed by atoms with Crippen LogP contribution in [-0.2, 0) is 17.7 Å². The van der Waals surface area contributed by atoms with Gasteiger partial charge in [0.05, 0.1) is 12.2 Å². The van der Waals surface area contributed by atoms with Crippen molar-refractivity contribution in [2.45, 2.75) is 39.3 Å². The lowest BCUT2D eigenvalue weighted by molar-refractivity contribution is 0.0636. The van der Waals surface area contributed by atoms with Gasteiger partial charge in [0.15, 0.2) is 11.1 Å². The van der Waals surface area contributed by atoms with Crippen molar-refractivity contribution in [3.8, 4) is 0 Å². The van der Waals surface area contributed by atoms with Crippen molar-refractivity contribution < 1.29 is 9.53 Å². The normalized spacial score (nSPS) is 11.4. The van der Waals surface area contributed by atoms with Crippen molar-refractivity contribution in [3.63, 3.8) is 0 Å². The van der Waals surface area contributed by atoms with E-state index in [4.69, 9.17) is 4.74 Å². The summed E-state index contributed by atoms with van der Waals surface area (Å²) in [6.07, 6.45) is 0.374. The van der Waals surface area contributed by atoms with Crippen molar-refractivity contribution in [1.82, 2.24) is 15.6 Å². The van der Waals surface area contributed by atoms with E-state index in [-0.39, 0.29) is 24.0 Å². The average molecular weight is 561 g/mol. The van der Waals surface area contributed by atoms with Crippen LogP contribution in [0.4, 0.5) is 15.6 Å². The third-order valence-corrected chi connectivity index (χ3v) is 4.95. The number of nitrogens with one attached hydrogen (secondary N) is 3. The summed E-state index contributed by atoms with van der Waals surface area (Å²) in [5.41, 5.74) is 2.33. The highest BCUT2D eigenvalue weighted by Crippen LogP contribution is 2.17. The number of aliphatic imine (C=N–C) groups is 1. The van der Waals surface area contributed by atoms with E-state index < -0.39 is 11.7 Å². The van der Waals surface area contributed by atoms with E-state index in [1.54, 1.807) is 18.4 Å². The number of ether oxygens (including phenoxy) is 1. The molecule has 1 amide bonds. The summed E-state index contributed by atoms with van der Waals surface area (Å²) in [6, 6.07) is 7.72. The Labute approximate surface area is 205 Å². The Hall–Kier alpha value is -2.08. The third kappa shape index (κ3) is 10.2. The number of guanidine groups is 1. The molecule has 1 aromatic heterocycles. The molecular weight excluding hydrogens is 527 g/mol. The summed E-state index contributed by atoms with van der Waals surface area (Å²) >= 11 is 1.62. The Balaban J connectivity index is 0.00000480. The number of thiazole rings is 1. The fourth-order valence-corrected chi connectivity index (χ4v) is 3.24. The number of rotatable bonds is 7. The van der Waals surface area contributed by atoms with Gasteiger partial charge in [0.2, 0.25) is 0 Å². The van der Waals surface area contributed by atoms with Crippen LogP contribution in [0.5, 0.6) is 0 Å². The molecule has 0 saturated carbocycles. The first-order chi connectivity index (χ1) is 14.2. The summed E-state index contributed by atoms with van der Waals surface area (Å²) in [4.78, 5) is 22.6. The molecule has 0 aliphatic rings. The molecule has 0 unspecified atom stereocenters. The van der Waals surface area contributed by atoms with E-state index in [2.05, 4.69) is 25.9 Å². The molecule has 1 heterocycles. The second kappa shape index (κ2) is 12.7. The van der Waals surface area contributed by atoms with Crippen LogP contribution in [0.3, 0.4) is 0 Å². The SMILES string of the molecule is CN=C(NCCc1ccc(NC(=O)OC(C)(C)C)cc1)NCc1csc(N(C)C)n1.I. The van der Waals surface area contributed by atoms with Crippen LogP contribution in [0, 0.1) is 0 Å². The van der Waals surface area contributed by atoms with Gasteiger partial charge >= 0.3 is 6.09 Å². The molecule has 0 atom stereocenters. The number of anilines is 2. The molecule has 2 rings (SSSR count). The van der Waals surface area contributed by atoms with E-state index in [1.165, 1.54) is 0 Å². The Bertz CT molecular complexity index is 846. The molecule has 31 heavy (non-hydrogen) atoms. The maximum atomic E-state index is 11.8. The number of benzene rings is 1. The number of carbonyl (C=O) groups excluding carboxylic acids is 1. The molecular formula is C21H33IN6O2S. The predicted octanol–water partition coefficient (Wildman–Crippen LogP) is 4.08. The molecule has 0 spiro atoms. The first-order valence-electron chi connectivity index (χ1n) is 9.81. The van der Waals surface area contributed by atoms with Gasteiger partial charge in [-0.2, -0.15) is 0 Å². The zero-order valence-electron chi connectivity index (χ0n) is 19.0. The monoisotopic (exact) mass is 560 g/mol. The predicted molar refractivity (Wildman–Crippen MR) is 140 cm³/mol. The van der Waals surface area contributed by atoms with Gasteiger partial charge in [0, 0.05) is 38.8 Å². The van der Waals surface area contributed by atoms with Crippen LogP contribution in [0.15, 0.2) is 34.6 Å². The van der Waals surface area contributed by atoms with Crippen molar-refractivity contribution in [1.29, 1.82) is 0 Å². The molecule has 0 bridgehead atoms. The van der Waals surface area contributed by atoms with Gasteiger partial charge in [0.25, 0.3) is 0 Å². The van der Waals surface area contributed by atoms with Crippen molar-refractivity contribution in [3.05, 3.63) is 40.9 Å². The van der Waals surface area contributed by atoms with Gasteiger partial charge in [-0.05, 0) is 44.9 Å². The van der Waals surface area contributed by atoms with Crippen LogP contribution in [-0.4, -0.2) is 50.3 Å². The summed E-state index contributed by atoms with van der Waals surface area (Å²) in [5, 5.41) is 12.3. The third-order valence-electron chi connectivity index (χ3n) is 3.89. The minimum Gasteiger partial charge on any atom is -0.444 e. The fraction of sp³-hybridized carbons (Fsp3) is 0.476. The highest BCUT2D eigenvalue weighted by molar-refractivity contribution is 14.0.